The second kappa shape index (κ2) is 9.30. The van der Waals surface area contributed by atoms with E-state index in [-0.39, 0.29) is 17.2 Å². The van der Waals surface area contributed by atoms with Crippen molar-refractivity contribution in [2.75, 3.05) is 0 Å². The number of benzene rings is 1. The van der Waals surface area contributed by atoms with Gasteiger partial charge in [0.25, 0.3) is 11.5 Å². The minimum absolute atomic E-state index is 0.0803. The summed E-state index contributed by atoms with van der Waals surface area (Å²) in [5.74, 6) is -1.56. The first-order valence-corrected chi connectivity index (χ1v) is 9.38. The maximum absolute atomic E-state index is 12.8. The van der Waals surface area contributed by atoms with Crippen LogP contribution in [0, 0.1) is 5.92 Å². The lowest BCUT2D eigenvalue weighted by atomic mass is 10.0. The molecule has 1 amide bonds. The Morgan fingerprint density at radius 2 is 1.85 bits per heavy atom. The number of aryl methyl sites for hydroxylation is 1. The molecule has 7 heteroatoms. The van der Waals surface area contributed by atoms with Crippen LogP contribution in [0.15, 0.2) is 29.1 Å². The van der Waals surface area contributed by atoms with Crippen LogP contribution in [0.5, 0.6) is 0 Å². The summed E-state index contributed by atoms with van der Waals surface area (Å²) in [6, 6.07) is 5.78. The quantitative estimate of drug-likeness (QED) is 0.658. The van der Waals surface area contributed by atoms with Gasteiger partial charge in [-0.3, -0.25) is 9.59 Å². The zero-order valence-corrected chi connectivity index (χ0v) is 16.1. The van der Waals surface area contributed by atoms with E-state index in [1.807, 2.05) is 13.8 Å². The monoisotopic (exact) mass is 373 g/mol. The third-order valence-electron chi connectivity index (χ3n) is 4.37. The molecular formula is C20H27N3O4. The normalized spacial score (nSPS) is 12.3. The zero-order valence-electron chi connectivity index (χ0n) is 16.1. The molecule has 2 N–H and O–H groups in total. The van der Waals surface area contributed by atoms with E-state index in [9.17, 15) is 19.5 Å². The van der Waals surface area contributed by atoms with Gasteiger partial charge in [-0.25, -0.2) is 9.48 Å². The van der Waals surface area contributed by atoms with Crippen LogP contribution in [0.2, 0.25) is 0 Å². The van der Waals surface area contributed by atoms with Crippen molar-refractivity contribution >= 4 is 22.6 Å². The van der Waals surface area contributed by atoms with Crippen LogP contribution in [-0.4, -0.2) is 32.8 Å². The Kier molecular flexibility index (Phi) is 7.10. The Hall–Kier alpha value is -2.70. The summed E-state index contributed by atoms with van der Waals surface area (Å²) in [7, 11) is 0. The molecule has 0 saturated heterocycles. The Morgan fingerprint density at radius 3 is 2.44 bits per heavy atom. The molecule has 0 aliphatic carbocycles. The third kappa shape index (κ3) is 5.15. The Labute approximate surface area is 158 Å². The van der Waals surface area contributed by atoms with Crippen molar-refractivity contribution in [2.24, 2.45) is 5.92 Å². The lowest BCUT2D eigenvalue weighted by Crippen LogP contribution is -2.42. The SMILES string of the molecule is CCCCCn1nc(C(=O)N[C@@H](CC(C)C)C(=O)O)c2ccccc2c1=O. The molecule has 1 aromatic carbocycles. The van der Waals surface area contributed by atoms with Gasteiger partial charge < -0.3 is 10.4 Å². The number of unbranched alkanes of at least 4 members (excludes halogenated alkanes) is 2. The molecule has 0 unspecified atom stereocenters. The van der Waals surface area contributed by atoms with E-state index < -0.39 is 17.9 Å². The molecule has 2 rings (SSSR count). The number of fused-ring (bicyclic) bond motifs is 1. The van der Waals surface area contributed by atoms with E-state index in [0.29, 0.717) is 23.7 Å². The summed E-state index contributed by atoms with van der Waals surface area (Å²) in [6.45, 7) is 6.27. The Balaban J connectivity index is 2.43. The fourth-order valence-electron chi connectivity index (χ4n) is 2.99. The largest absolute Gasteiger partial charge is 0.480 e. The van der Waals surface area contributed by atoms with Gasteiger partial charge in [0.2, 0.25) is 0 Å². The molecule has 0 spiro atoms. The highest BCUT2D eigenvalue weighted by atomic mass is 16.4. The predicted molar refractivity (Wildman–Crippen MR) is 104 cm³/mol. The van der Waals surface area contributed by atoms with E-state index in [4.69, 9.17) is 0 Å². The first kappa shape index (κ1) is 20.6. The molecule has 7 nitrogen and oxygen atoms in total. The van der Waals surface area contributed by atoms with Gasteiger partial charge in [0.1, 0.15) is 6.04 Å². The lowest BCUT2D eigenvalue weighted by molar-refractivity contribution is -0.139. The maximum Gasteiger partial charge on any atom is 0.326 e. The maximum atomic E-state index is 12.8. The minimum Gasteiger partial charge on any atom is -0.480 e. The van der Waals surface area contributed by atoms with Crippen molar-refractivity contribution in [3.05, 3.63) is 40.3 Å². The minimum atomic E-state index is -1.09. The average molecular weight is 373 g/mol. The fraction of sp³-hybridized carbons (Fsp3) is 0.500. The lowest BCUT2D eigenvalue weighted by Gasteiger charge is -2.17. The summed E-state index contributed by atoms with van der Waals surface area (Å²) >= 11 is 0. The van der Waals surface area contributed by atoms with Crippen molar-refractivity contribution in [1.82, 2.24) is 15.1 Å². The standard InChI is InChI=1S/C20H27N3O4/c1-4-5-8-11-23-19(25)15-10-7-6-9-14(15)17(22-23)18(24)21-16(20(26)27)12-13(2)3/h6-7,9-10,13,16H,4-5,8,11-12H2,1-3H3,(H,21,24)(H,26,27)/t16-/m0/s1. The van der Waals surface area contributed by atoms with E-state index in [1.165, 1.54) is 4.68 Å². The number of aliphatic carboxylic acids is 1. The molecule has 27 heavy (non-hydrogen) atoms. The van der Waals surface area contributed by atoms with E-state index in [0.717, 1.165) is 19.3 Å². The first-order chi connectivity index (χ1) is 12.8. The molecule has 0 radical (unpaired) electrons. The summed E-state index contributed by atoms with van der Waals surface area (Å²) in [4.78, 5) is 36.9. The van der Waals surface area contributed by atoms with E-state index >= 15 is 0 Å². The van der Waals surface area contributed by atoms with Gasteiger partial charge in [-0.2, -0.15) is 5.10 Å². The number of carboxylic acids is 1. The fourth-order valence-corrected chi connectivity index (χ4v) is 2.99. The number of amides is 1. The average Bonchev–Trinajstić information content (AvgIpc) is 2.62. The van der Waals surface area contributed by atoms with E-state index in [2.05, 4.69) is 17.3 Å². The van der Waals surface area contributed by atoms with Crippen molar-refractivity contribution < 1.29 is 14.7 Å². The van der Waals surface area contributed by atoms with Gasteiger partial charge in [0, 0.05) is 11.9 Å². The highest BCUT2D eigenvalue weighted by molar-refractivity contribution is 6.05. The van der Waals surface area contributed by atoms with Gasteiger partial charge in [0.05, 0.1) is 5.39 Å². The highest BCUT2D eigenvalue weighted by Gasteiger charge is 2.24. The summed E-state index contributed by atoms with van der Waals surface area (Å²) in [5.41, 5.74) is -0.160. The molecule has 1 aromatic heterocycles. The smallest absolute Gasteiger partial charge is 0.326 e. The topological polar surface area (TPSA) is 101 Å². The van der Waals surface area contributed by atoms with Gasteiger partial charge in [-0.05, 0) is 24.8 Å². The molecule has 146 valence electrons. The number of rotatable bonds is 9. The summed E-state index contributed by atoms with van der Waals surface area (Å²) in [6.07, 6.45) is 3.06. The predicted octanol–water partition coefficient (Wildman–Crippen LogP) is 2.82. The van der Waals surface area contributed by atoms with Crippen LogP contribution in [0.4, 0.5) is 0 Å². The molecule has 0 fully saturated rings. The Bertz CT molecular complexity index is 873. The van der Waals surface area contributed by atoms with Crippen molar-refractivity contribution in [1.29, 1.82) is 0 Å². The summed E-state index contributed by atoms with van der Waals surface area (Å²) in [5, 5.41) is 17.0. The van der Waals surface area contributed by atoms with Crippen LogP contribution in [0.1, 0.15) is 56.9 Å². The molecule has 0 bridgehead atoms. The van der Waals surface area contributed by atoms with E-state index in [1.54, 1.807) is 24.3 Å². The van der Waals surface area contributed by atoms with Crippen molar-refractivity contribution in [2.45, 2.75) is 59.0 Å². The molecule has 0 aliphatic heterocycles. The highest BCUT2D eigenvalue weighted by Crippen LogP contribution is 2.14. The van der Waals surface area contributed by atoms with Gasteiger partial charge >= 0.3 is 5.97 Å². The number of nitrogens with zero attached hydrogens (tertiary/aromatic N) is 2. The Morgan fingerprint density at radius 1 is 1.19 bits per heavy atom. The van der Waals surface area contributed by atoms with Gasteiger partial charge in [-0.1, -0.05) is 51.8 Å². The number of hydrogen-bond acceptors (Lipinski definition) is 4. The molecular weight excluding hydrogens is 346 g/mol. The number of carbonyl (C=O) groups is 2. The second-order valence-corrected chi connectivity index (χ2v) is 7.12. The second-order valence-electron chi connectivity index (χ2n) is 7.12. The van der Waals surface area contributed by atoms with Gasteiger partial charge in [-0.15, -0.1) is 0 Å². The summed E-state index contributed by atoms with van der Waals surface area (Å²) < 4.78 is 1.31. The third-order valence-corrected chi connectivity index (χ3v) is 4.37. The molecule has 0 saturated carbocycles. The number of nitrogens with one attached hydrogen (secondary N) is 1. The van der Waals surface area contributed by atoms with Crippen molar-refractivity contribution in [3.8, 4) is 0 Å². The number of carboxylic acid groups (broad SMARTS) is 1. The number of aromatic nitrogens is 2. The van der Waals surface area contributed by atoms with Crippen LogP contribution in [0.3, 0.4) is 0 Å². The zero-order chi connectivity index (χ0) is 20.0. The van der Waals surface area contributed by atoms with Crippen LogP contribution in [0.25, 0.3) is 10.8 Å². The first-order valence-electron chi connectivity index (χ1n) is 9.38. The van der Waals surface area contributed by atoms with Crippen molar-refractivity contribution in [3.63, 3.8) is 0 Å². The number of carbonyl (C=O) groups excluding carboxylic acids is 1. The van der Waals surface area contributed by atoms with Crippen LogP contribution >= 0.6 is 0 Å². The van der Waals surface area contributed by atoms with Crippen LogP contribution in [-0.2, 0) is 11.3 Å². The molecule has 0 aliphatic rings. The number of hydrogen-bond donors (Lipinski definition) is 2. The van der Waals surface area contributed by atoms with Gasteiger partial charge in [0.15, 0.2) is 5.69 Å². The molecule has 2 aromatic rings. The van der Waals surface area contributed by atoms with Crippen LogP contribution < -0.4 is 10.9 Å². The molecule has 1 heterocycles. The molecule has 1 atom stereocenters.